The predicted molar refractivity (Wildman–Crippen MR) is 137 cm³/mol. The highest BCUT2D eigenvalue weighted by Gasteiger charge is 2.14. The van der Waals surface area contributed by atoms with Gasteiger partial charge in [0.15, 0.2) is 0 Å². The summed E-state index contributed by atoms with van der Waals surface area (Å²) in [6, 6.07) is 14.7. The van der Waals surface area contributed by atoms with Crippen molar-refractivity contribution >= 4 is 16.7 Å². The number of halogens is 2. The molecule has 0 spiro atoms. The van der Waals surface area contributed by atoms with Crippen LogP contribution in [0, 0.1) is 11.6 Å². The Hall–Kier alpha value is -4.15. The van der Waals surface area contributed by atoms with Crippen LogP contribution in [0.2, 0.25) is 0 Å². The number of hydrogen-bond donors (Lipinski definition) is 1. The summed E-state index contributed by atoms with van der Waals surface area (Å²) in [5.41, 5.74) is 11.5. The van der Waals surface area contributed by atoms with Gasteiger partial charge in [-0.3, -0.25) is 14.1 Å². The van der Waals surface area contributed by atoms with E-state index < -0.39 is 11.6 Å². The normalized spacial score (nSPS) is 14.4. The Morgan fingerprint density at radius 2 is 1.78 bits per heavy atom. The largest absolute Gasteiger partial charge is 0.399 e. The van der Waals surface area contributed by atoms with Gasteiger partial charge in [0.2, 0.25) is 0 Å². The number of hydrogen-bond acceptors (Lipinski definition) is 6. The van der Waals surface area contributed by atoms with E-state index in [1.54, 1.807) is 18.5 Å². The number of nitrogens with zero attached hydrogens (tertiary/aromatic N) is 6. The maximum absolute atomic E-state index is 14.4. The second-order valence-corrected chi connectivity index (χ2v) is 9.08. The van der Waals surface area contributed by atoms with E-state index in [9.17, 15) is 8.78 Å². The lowest BCUT2D eigenvalue weighted by Gasteiger charge is -2.26. The lowest BCUT2D eigenvalue weighted by Crippen LogP contribution is -2.38. The van der Waals surface area contributed by atoms with Gasteiger partial charge in [0.05, 0.1) is 37.0 Å². The van der Waals surface area contributed by atoms with Gasteiger partial charge in [-0.05, 0) is 48.0 Å². The average molecular weight is 502 g/mol. The van der Waals surface area contributed by atoms with Gasteiger partial charge < -0.3 is 10.5 Å². The van der Waals surface area contributed by atoms with E-state index in [1.807, 2.05) is 39.7 Å². The Bertz CT molecular complexity index is 1570. The third-order valence-electron chi connectivity index (χ3n) is 6.59. The maximum Gasteiger partial charge on any atom is 0.133 e. The maximum atomic E-state index is 14.4. The molecule has 0 amide bonds. The van der Waals surface area contributed by atoms with Gasteiger partial charge in [-0.1, -0.05) is 11.3 Å². The summed E-state index contributed by atoms with van der Waals surface area (Å²) in [5, 5.41) is 8.64. The van der Waals surface area contributed by atoms with Crippen LogP contribution >= 0.6 is 0 Å². The van der Waals surface area contributed by atoms with Crippen LogP contribution in [0.1, 0.15) is 0 Å². The molecule has 0 radical (unpaired) electrons. The van der Waals surface area contributed by atoms with E-state index in [4.69, 9.17) is 10.5 Å². The van der Waals surface area contributed by atoms with Crippen LogP contribution in [0.5, 0.6) is 0 Å². The topological polar surface area (TPSA) is 87.0 Å². The highest BCUT2D eigenvalue weighted by Crippen LogP contribution is 2.30. The zero-order valence-electron chi connectivity index (χ0n) is 20.0. The summed E-state index contributed by atoms with van der Waals surface area (Å²) in [6.45, 7) is 5.09. The van der Waals surface area contributed by atoms with Gasteiger partial charge in [-0.2, -0.15) is 0 Å². The molecule has 0 atom stereocenters. The van der Waals surface area contributed by atoms with Crippen molar-refractivity contribution in [2.45, 2.75) is 6.54 Å². The number of aromatic nitrogens is 5. The van der Waals surface area contributed by atoms with Crippen LogP contribution in [0.15, 0.2) is 67.1 Å². The van der Waals surface area contributed by atoms with E-state index in [0.29, 0.717) is 11.3 Å². The number of benzene rings is 3. The Kier molecular flexibility index (Phi) is 6.11. The zero-order chi connectivity index (χ0) is 25.4. The molecule has 6 rings (SSSR count). The van der Waals surface area contributed by atoms with Gasteiger partial charge in [-0.15, -0.1) is 5.10 Å². The van der Waals surface area contributed by atoms with Crippen molar-refractivity contribution in [1.29, 1.82) is 0 Å². The second-order valence-electron chi connectivity index (χ2n) is 9.08. The first-order valence-corrected chi connectivity index (χ1v) is 12.1. The molecule has 0 unspecified atom stereocenters. The molecular weight excluding hydrogens is 476 g/mol. The van der Waals surface area contributed by atoms with E-state index in [-0.39, 0.29) is 5.56 Å². The fraction of sp³-hybridized carbons (Fsp3) is 0.222. The van der Waals surface area contributed by atoms with Crippen molar-refractivity contribution in [2.75, 3.05) is 38.6 Å². The number of fused-ring (bicyclic) bond motifs is 1. The lowest BCUT2D eigenvalue weighted by atomic mass is 10.0. The molecule has 0 aliphatic carbocycles. The van der Waals surface area contributed by atoms with E-state index in [2.05, 4.69) is 20.2 Å². The lowest BCUT2D eigenvalue weighted by molar-refractivity contribution is 0.0359. The van der Waals surface area contributed by atoms with Gasteiger partial charge in [0.1, 0.15) is 23.7 Å². The number of rotatable bonds is 6. The minimum absolute atomic E-state index is 0.276. The number of ether oxygens (including phenoxy) is 1. The van der Waals surface area contributed by atoms with Crippen molar-refractivity contribution in [3.05, 3.63) is 78.8 Å². The molecule has 2 aromatic heterocycles. The molecule has 3 heterocycles. The molecule has 10 heteroatoms. The summed E-state index contributed by atoms with van der Waals surface area (Å²) in [7, 11) is 0. The minimum Gasteiger partial charge on any atom is -0.399 e. The van der Waals surface area contributed by atoms with E-state index >= 15 is 0 Å². The number of nitrogen functional groups attached to an aromatic ring is 1. The summed E-state index contributed by atoms with van der Waals surface area (Å²) in [4.78, 5) is 6.93. The fourth-order valence-corrected chi connectivity index (χ4v) is 4.64. The van der Waals surface area contributed by atoms with E-state index in [0.717, 1.165) is 73.4 Å². The third kappa shape index (κ3) is 4.81. The molecule has 0 saturated carbocycles. The van der Waals surface area contributed by atoms with Crippen molar-refractivity contribution in [1.82, 2.24) is 29.4 Å². The number of nitrogens with two attached hydrogens (primary N) is 1. The van der Waals surface area contributed by atoms with Gasteiger partial charge in [0, 0.05) is 48.2 Å². The Balaban J connectivity index is 1.26. The summed E-state index contributed by atoms with van der Waals surface area (Å²) < 4.78 is 37.0. The quantitative estimate of drug-likeness (QED) is 0.352. The summed E-state index contributed by atoms with van der Waals surface area (Å²) in [6.07, 6.45) is 3.65. The first-order valence-electron chi connectivity index (χ1n) is 12.1. The van der Waals surface area contributed by atoms with Crippen LogP contribution in [-0.2, 0) is 11.3 Å². The second kappa shape index (κ2) is 9.72. The molecule has 0 bridgehead atoms. The smallest absolute Gasteiger partial charge is 0.133 e. The van der Waals surface area contributed by atoms with Crippen LogP contribution in [-0.4, -0.2) is 62.3 Å². The molecule has 2 N–H and O–H groups in total. The van der Waals surface area contributed by atoms with Crippen molar-refractivity contribution in [3.8, 4) is 28.1 Å². The predicted octanol–water partition coefficient (Wildman–Crippen LogP) is 4.14. The molecule has 1 fully saturated rings. The summed E-state index contributed by atoms with van der Waals surface area (Å²) in [5.74, 6) is -1.27. The number of morpholine rings is 1. The van der Waals surface area contributed by atoms with E-state index in [1.165, 1.54) is 12.1 Å². The number of anilines is 1. The Morgan fingerprint density at radius 3 is 2.62 bits per heavy atom. The zero-order valence-corrected chi connectivity index (χ0v) is 20.0. The third-order valence-corrected chi connectivity index (χ3v) is 6.59. The van der Waals surface area contributed by atoms with Crippen molar-refractivity contribution in [2.24, 2.45) is 0 Å². The van der Waals surface area contributed by atoms with Crippen LogP contribution < -0.4 is 5.73 Å². The molecule has 3 aromatic carbocycles. The van der Waals surface area contributed by atoms with Crippen LogP contribution in [0.4, 0.5) is 14.5 Å². The average Bonchev–Trinajstić information content (AvgIpc) is 3.55. The molecule has 5 aromatic rings. The van der Waals surface area contributed by atoms with Crippen molar-refractivity contribution < 1.29 is 13.5 Å². The van der Waals surface area contributed by atoms with Crippen molar-refractivity contribution in [3.63, 3.8) is 0 Å². The minimum atomic E-state index is -0.644. The van der Waals surface area contributed by atoms with Gasteiger partial charge >= 0.3 is 0 Å². The van der Waals surface area contributed by atoms with Crippen LogP contribution in [0.25, 0.3) is 39.1 Å². The summed E-state index contributed by atoms with van der Waals surface area (Å²) >= 11 is 0. The molecule has 1 aliphatic heterocycles. The standard InChI is InChI=1S/C27H25F2N7O/c28-20-2-3-23(24(29)14-20)19-11-21(30)15-22(12-19)36-17-31-25-13-18(1-4-27(25)36)26-16-35(33-32-26)6-5-34-7-9-37-10-8-34/h1-4,11-17H,5-10,30H2. The molecule has 37 heavy (non-hydrogen) atoms. The van der Waals surface area contributed by atoms with Gasteiger partial charge in [-0.25, -0.2) is 13.8 Å². The van der Waals surface area contributed by atoms with Gasteiger partial charge in [0.25, 0.3) is 0 Å². The highest BCUT2D eigenvalue weighted by molar-refractivity contribution is 5.83. The fourth-order valence-electron chi connectivity index (χ4n) is 4.64. The first-order chi connectivity index (χ1) is 18.0. The molecular formula is C27H25F2N7O. The SMILES string of the molecule is Nc1cc(-c2ccc(F)cc2F)cc(-n2cnc3cc(-c4cn(CCN5CCOCC5)nn4)ccc32)c1. The molecule has 188 valence electrons. The molecule has 1 aliphatic rings. The molecule has 1 saturated heterocycles. The first kappa shape index (κ1) is 23.3. The monoisotopic (exact) mass is 501 g/mol. The highest BCUT2D eigenvalue weighted by atomic mass is 19.1. The number of imidazole rings is 1. The van der Waals surface area contributed by atoms with Crippen LogP contribution in [0.3, 0.4) is 0 Å². The Labute approximate surface area is 211 Å². The Morgan fingerprint density at radius 1 is 0.919 bits per heavy atom. The molecule has 8 nitrogen and oxygen atoms in total.